The summed E-state index contributed by atoms with van der Waals surface area (Å²) in [6.45, 7) is 5.75. The Labute approximate surface area is 100 Å². The Morgan fingerprint density at radius 1 is 1.31 bits per heavy atom. The zero-order valence-electron chi connectivity index (χ0n) is 9.84. The lowest BCUT2D eigenvalue weighted by molar-refractivity contribution is -0.160. The minimum atomic E-state index is -4.32. The monoisotopic (exact) mass is 259 g/mol. The number of halogens is 3. The largest absolute Gasteiger partial charge is 0.405 e. The maximum Gasteiger partial charge on any atom is 0.405 e. The van der Waals surface area contributed by atoms with Crippen molar-refractivity contribution >= 4 is 12.6 Å². The molecule has 0 aliphatic heterocycles. The molecule has 1 aliphatic carbocycles. The van der Waals surface area contributed by atoms with Gasteiger partial charge in [0.1, 0.15) is 6.04 Å². The molecule has 98 valence electrons. The topological polar surface area (TPSA) is 35.2 Å². The maximum atomic E-state index is 11.7. The van der Waals surface area contributed by atoms with Crippen LogP contribution in [0.1, 0.15) is 33.6 Å². The molecule has 1 saturated carbocycles. The van der Waals surface area contributed by atoms with E-state index in [9.17, 15) is 13.2 Å². The summed E-state index contributed by atoms with van der Waals surface area (Å²) in [4.78, 5) is 0. The number of nitrogens with two attached hydrogens (primary N) is 1. The van der Waals surface area contributed by atoms with Gasteiger partial charge in [-0.25, -0.2) is 0 Å². The smallest absolute Gasteiger partial charge is 0.376 e. The zero-order chi connectivity index (χ0) is 13.0. The summed E-state index contributed by atoms with van der Waals surface area (Å²) in [5.74, 6) is 0. The summed E-state index contributed by atoms with van der Waals surface area (Å²) in [5.41, 5.74) is 4.78. The molecule has 0 spiro atoms. The number of hydrogen-bond donors (Lipinski definition) is 2. The molecule has 0 aromatic carbocycles. The molecule has 0 heterocycles. The first kappa shape index (κ1) is 16.1. The summed E-state index contributed by atoms with van der Waals surface area (Å²) in [6, 6.07) is -1.83. The minimum Gasteiger partial charge on any atom is -0.376 e. The van der Waals surface area contributed by atoms with E-state index in [1.807, 2.05) is 0 Å². The quantitative estimate of drug-likeness (QED) is 0.764. The van der Waals surface area contributed by atoms with Crippen LogP contribution in [0.3, 0.4) is 0 Å². The van der Waals surface area contributed by atoms with Crippen molar-refractivity contribution < 1.29 is 17.9 Å². The molecule has 0 aromatic rings. The van der Waals surface area contributed by atoms with E-state index in [0.29, 0.717) is 0 Å². The van der Waals surface area contributed by atoms with Crippen LogP contribution < -0.4 is 5.73 Å². The van der Waals surface area contributed by atoms with Crippen LogP contribution in [-0.4, -0.2) is 29.7 Å². The SMILES string of the molecule is CC(C)(C)S.NC(COC1CC1)C(F)(F)F. The van der Waals surface area contributed by atoms with Crippen LogP contribution in [0.15, 0.2) is 0 Å². The van der Waals surface area contributed by atoms with E-state index in [0.717, 1.165) is 12.8 Å². The highest BCUT2D eigenvalue weighted by Gasteiger charge is 2.38. The van der Waals surface area contributed by atoms with Crippen LogP contribution in [0.4, 0.5) is 13.2 Å². The molecule has 2 N–H and O–H groups in total. The third-order valence-electron chi connectivity index (χ3n) is 1.46. The fourth-order valence-electron chi connectivity index (χ4n) is 0.569. The molecule has 0 radical (unpaired) electrons. The van der Waals surface area contributed by atoms with E-state index < -0.39 is 18.8 Å². The van der Waals surface area contributed by atoms with Crippen LogP contribution in [0.5, 0.6) is 0 Å². The van der Waals surface area contributed by atoms with Crippen molar-refractivity contribution in [1.29, 1.82) is 0 Å². The number of rotatable bonds is 3. The van der Waals surface area contributed by atoms with Gasteiger partial charge < -0.3 is 10.5 Å². The Balaban J connectivity index is 0.000000385. The summed E-state index contributed by atoms with van der Waals surface area (Å²) >= 11 is 4.12. The van der Waals surface area contributed by atoms with Gasteiger partial charge in [0.05, 0.1) is 12.7 Å². The highest BCUT2D eigenvalue weighted by Crippen LogP contribution is 2.25. The number of thiol groups is 1. The van der Waals surface area contributed by atoms with E-state index in [1.165, 1.54) is 0 Å². The molecule has 1 rings (SSSR count). The van der Waals surface area contributed by atoms with Gasteiger partial charge in [0.25, 0.3) is 0 Å². The highest BCUT2D eigenvalue weighted by atomic mass is 32.1. The third-order valence-corrected chi connectivity index (χ3v) is 1.46. The van der Waals surface area contributed by atoms with Gasteiger partial charge in [0, 0.05) is 4.75 Å². The standard InChI is InChI=1S/C6H10F3NO.C4H10S/c7-6(8,9)5(10)3-11-4-1-2-4;1-4(2,3)5/h4-5H,1-3,10H2;5H,1-3H3. The van der Waals surface area contributed by atoms with Crippen LogP contribution in [-0.2, 0) is 4.74 Å². The molecule has 16 heavy (non-hydrogen) atoms. The van der Waals surface area contributed by atoms with E-state index in [4.69, 9.17) is 10.5 Å². The first-order chi connectivity index (χ1) is 7.00. The van der Waals surface area contributed by atoms with Gasteiger partial charge in [-0.2, -0.15) is 25.8 Å². The van der Waals surface area contributed by atoms with Gasteiger partial charge in [-0.15, -0.1) is 0 Å². The van der Waals surface area contributed by atoms with Gasteiger partial charge >= 0.3 is 6.18 Å². The Bertz CT molecular complexity index is 193. The van der Waals surface area contributed by atoms with Crippen LogP contribution in [0.25, 0.3) is 0 Å². The minimum absolute atomic E-state index is 0.0309. The second-order valence-corrected chi connectivity index (χ2v) is 6.19. The van der Waals surface area contributed by atoms with Crippen molar-refractivity contribution in [3.8, 4) is 0 Å². The summed E-state index contributed by atoms with van der Waals surface area (Å²) in [6.07, 6.45) is -2.56. The molecule has 2 nitrogen and oxygen atoms in total. The van der Waals surface area contributed by atoms with Crippen LogP contribution >= 0.6 is 12.6 Å². The Hall–Kier alpha value is 0.0600. The Morgan fingerprint density at radius 2 is 1.69 bits per heavy atom. The van der Waals surface area contributed by atoms with E-state index >= 15 is 0 Å². The van der Waals surface area contributed by atoms with Gasteiger partial charge in [-0.05, 0) is 12.8 Å². The molecule has 0 saturated heterocycles. The average Bonchev–Trinajstić information content (AvgIpc) is 2.77. The summed E-state index contributed by atoms with van der Waals surface area (Å²) in [7, 11) is 0. The lowest BCUT2D eigenvalue weighted by Gasteiger charge is -2.14. The first-order valence-electron chi connectivity index (χ1n) is 5.16. The fourth-order valence-corrected chi connectivity index (χ4v) is 0.569. The van der Waals surface area contributed by atoms with Crippen molar-refractivity contribution in [1.82, 2.24) is 0 Å². The summed E-state index contributed by atoms with van der Waals surface area (Å²) in [5, 5.41) is 0. The predicted octanol–water partition coefficient (Wildman–Crippen LogP) is 2.77. The molecule has 1 unspecified atom stereocenters. The molecule has 0 amide bonds. The van der Waals surface area contributed by atoms with E-state index in [2.05, 4.69) is 33.4 Å². The normalized spacial score (nSPS) is 18.8. The lowest BCUT2D eigenvalue weighted by Crippen LogP contribution is -2.41. The molecular weight excluding hydrogens is 239 g/mol. The van der Waals surface area contributed by atoms with Crippen LogP contribution in [0.2, 0.25) is 0 Å². The van der Waals surface area contributed by atoms with Crippen molar-refractivity contribution in [2.75, 3.05) is 6.61 Å². The highest BCUT2D eigenvalue weighted by molar-refractivity contribution is 7.81. The van der Waals surface area contributed by atoms with Crippen molar-refractivity contribution in [2.45, 2.75) is 56.7 Å². The van der Waals surface area contributed by atoms with E-state index in [-0.39, 0.29) is 10.9 Å². The second kappa shape index (κ2) is 6.12. The molecule has 0 bridgehead atoms. The summed E-state index contributed by atoms with van der Waals surface area (Å²) < 4.78 is 40.1. The molecule has 6 heteroatoms. The lowest BCUT2D eigenvalue weighted by atomic mass is 10.3. The van der Waals surface area contributed by atoms with Crippen LogP contribution in [0, 0.1) is 0 Å². The van der Waals surface area contributed by atoms with Crippen molar-refractivity contribution in [3.63, 3.8) is 0 Å². The number of ether oxygens (including phenoxy) is 1. The number of hydrogen-bond acceptors (Lipinski definition) is 3. The molecule has 0 aromatic heterocycles. The molecular formula is C10H20F3NOS. The third kappa shape index (κ3) is 12.1. The van der Waals surface area contributed by atoms with Gasteiger partial charge in [0.2, 0.25) is 0 Å². The number of alkyl halides is 3. The van der Waals surface area contributed by atoms with Gasteiger partial charge in [-0.3, -0.25) is 0 Å². The van der Waals surface area contributed by atoms with Gasteiger partial charge in [-0.1, -0.05) is 20.8 Å². The average molecular weight is 259 g/mol. The zero-order valence-corrected chi connectivity index (χ0v) is 10.7. The predicted molar refractivity (Wildman–Crippen MR) is 61.7 cm³/mol. The molecule has 1 aliphatic rings. The molecule has 1 atom stereocenters. The first-order valence-corrected chi connectivity index (χ1v) is 5.61. The van der Waals surface area contributed by atoms with Crippen molar-refractivity contribution in [3.05, 3.63) is 0 Å². The maximum absolute atomic E-state index is 11.7. The second-order valence-electron chi connectivity index (χ2n) is 4.85. The Morgan fingerprint density at radius 3 is 1.94 bits per heavy atom. The van der Waals surface area contributed by atoms with E-state index in [1.54, 1.807) is 0 Å². The molecule has 1 fully saturated rings. The van der Waals surface area contributed by atoms with Gasteiger partial charge in [0.15, 0.2) is 0 Å². The van der Waals surface area contributed by atoms with Crippen molar-refractivity contribution in [2.24, 2.45) is 5.73 Å². The Kier molecular flexibility index (Phi) is 6.14. The fraction of sp³-hybridized carbons (Fsp3) is 1.00.